The Morgan fingerprint density at radius 3 is 2.72 bits per heavy atom. The van der Waals surface area contributed by atoms with E-state index in [9.17, 15) is 5.11 Å². The molecule has 0 bridgehead atoms. The number of nitrogens with zero attached hydrogens (tertiary/aromatic N) is 1. The molecule has 1 fully saturated rings. The molecule has 0 atom stereocenters. The number of benzene rings is 1. The van der Waals surface area contributed by atoms with Crippen LogP contribution in [0.4, 0.5) is 5.69 Å². The lowest BCUT2D eigenvalue weighted by Crippen LogP contribution is -2.37. The molecular formula is C14H20ClNO2. The Morgan fingerprint density at radius 1 is 1.39 bits per heavy atom. The highest BCUT2D eigenvalue weighted by molar-refractivity contribution is 6.30. The average molecular weight is 270 g/mol. The second kappa shape index (κ2) is 6.41. The van der Waals surface area contributed by atoms with E-state index in [1.807, 2.05) is 25.1 Å². The van der Waals surface area contributed by atoms with E-state index in [-0.39, 0.29) is 6.61 Å². The second-order valence-electron chi connectivity index (χ2n) is 4.57. The lowest BCUT2D eigenvalue weighted by Gasteiger charge is -2.34. The van der Waals surface area contributed by atoms with Crippen molar-refractivity contribution in [1.82, 2.24) is 0 Å². The number of aliphatic hydroxyl groups excluding tert-OH is 1. The molecule has 0 radical (unpaired) electrons. The van der Waals surface area contributed by atoms with Gasteiger partial charge in [0.25, 0.3) is 0 Å². The zero-order chi connectivity index (χ0) is 13.0. The average Bonchev–Trinajstić information content (AvgIpc) is 2.40. The lowest BCUT2D eigenvalue weighted by molar-refractivity contribution is 0.0459. The molecule has 0 amide bonds. The molecule has 0 spiro atoms. The third-order valence-electron chi connectivity index (χ3n) is 3.40. The third-order valence-corrected chi connectivity index (χ3v) is 3.64. The molecule has 2 rings (SSSR count). The van der Waals surface area contributed by atoms with Crippen molar-refractivity contribution in [3.63, 3.8) is 0 Å². The van der Waals surface area contributed by atoms with E-state index in [2.05, 4.69) is 4.90 Å². The fourth-order valence-electron chi connectivity index (χ4n) is 2.46. The molecule has 0 aliphatic carbocycles. The van der Waals surface area contributed by atoms with Crippen molar-refractivity contribution in [1.29, 1.82) is 0 Å². The van der Waals surface area contributed by atoms with E-state index in [0.29, 0.717) is 11.1 Å². The van der Waals surface area contributed by atoms with E-state index >= 15 is 0 Å². The molecular weight excluding hydrogens is 250 g/mol. The Labute approximate surface area is 113 Å². The number of hydrogen-bond donors (Lipinski definition) is 1. The van der Waals surface area contributed by atoms with Crippen LogP contribution in [0.25, 0.3) is 0 Å². The Bertz CT molecular complexity index is 389. The first-order valence-electron chi connectivity index (χ1n) is 6.50. The Kier molecular flexibility index (Phi) is 4.87. The molecule has 0 unspecified atom stereocenters. The minimum absolute atomic E-state index is 0.0535. The Hall–Kier alpha value is -0.770. The van der Waals surface area contributed by atoms with Crippen molar-refractivity contribution in [3.8, 4) is 0 Å². The maximum Gasteiger partial charge on any atom is 0.0702 e. The van der Waals surface area contributed by atoms with Crippen LogP contribution in [0.5, 0.6) is 0 Å². The van der Waals surface area contributed by atoms with Crippen LogP contribution < -0.4 is 4.90 Å². The highest BCUT2D eigenvalue weighted by atomic mass is 35.5. The van der Waals surface area contributed by atoms with Gasteiger partial charge in [0.15, 0.2) is 0 Å². The van der Waals surface area contributed by atoms with Gasteiger partial charge in [-0.25, -0.2) is 0 Å². The summed E-state index contributed by atoms with van der Waals surface area (Å²) >= 11 is 6.04. The van der Waals surface area contributed by atoms with Crippen LogP contribution in [0.3, 0.4) is 0 Å². The van der Waals surface area contributed by atoms with Crippen LogP contribution >= 0.6 is 11.6 Å². The number of rotatable bonds is 4. The summed E-state index contributed by atoms with van der Waals surface area (Å²) in [6.45, 7) is 4.78. The topological polar surface area (TPSA) is 32.7 Å². The van der Waals surface area contributed by atoms with Gasteiger partial charge in [0, 0.05) is 36.0 Å². The number of ether oxygens (including phenoxy) is 1. The first-order valence-corrected chi connectivity index (χ1v) is 6.88. The van der Waals surface area contributed by atoms with Crippen LogP contribution in [0.2, 0.25) is 5.02 Å². The monoisotopic (exact) mass is 269 g/mol. The first-order chi connectivity index (χ1) is 8.74. The highest BCUT2D eigenvalue weighted by Crippen LogP contribution is 2.28. The van der Waals surface area contributed by atoms with Crippen LogP contribution in [-0.2, 0) is 11.3 Å². The third kappa shape index (κ3) is 3.16. The Morgan fingerprint density at radius 2 is 2.11 bits per heavy atom. The summed E-state index contributed by atoms with van der Waals surface area (Å²) in [5.74, 6) is 0. The molecule has 100 valence electrons. The molecule has 1 saturated heterocycles. The van der Waals surface area contributed by atoms with Gasteiger partial charge in [-0.15, -0.1) is 0 Å². The number of anilines is 1. The molecule has 1 aliphatic rings. The van der Waals surface area contributed by atoms with E-state index in [4.69, 9.17) is 16.3 Å². The molecule has 1 heterocycles. The molecule has 1 N–H and O–H groups in total. The van der Waals surface area contributed by atoms with Crippen molar-refractivity contribution in [2.75, 3.05) is 24.6 Å². The quantitative estimate of drug-likeness (QED) is 0.912. The van der Waals surface area contributed by atoms with Gasteiger partial charge in [-0.2, -0.15) is 0 Å². The van der Waals surface area contributed by atoms with Gasteiger partial charge in [0.1, 0.15) is 0 Å². The second-order valence-corrected chi connectivity index (χ2v) is 5.01. The van der Waals surface area contributed by atoms with E-state index in [0.717, 1.165) is 43.8 Å². The van der Waals surface area contributed by atoms with Crippen LogP contribution in [0.1, 0.15) is 25.3 Å². The summed E-state index contributed by atoms with van der Waals surface area (Å²) in [6.07, 6.45) is 2.44. The summed E-state index contributed by atoms with van der Waals surface area (Å²) in [7, 11) is 0. The maximum atomic E-state index is 9.38. The lowest BCUT2D eigenvalue weighted by atomic mass is 10.1. The minimum Gasteiger partial charge on any atom is -0.392 e. The number of piperidine rings is 1. The molecule has 1 aromatic carbocycles. The summed E-state index contributed by atoms with van der Waals surface area (Å²) in [5.41, 5.74) is 1.99. The maximum absolute atomic E-state index is 9.38. The smallest absolute Gasteiger partial charge is 0.0702 e. The standard InChI is InChI=1S/C14H20ClNO2/c1-2-18-13-5-7-16(8-6-13)14-9-12(15)4-3-11(14)10-17/h3-4,9,13,17H,2,5-8,10H2,1H3. The molecule has 18 heavy (non-hydrogen) atoms. The fourth-order valence-corrected chi connectivity index (χ4v) is 2.63. The van der Waals surface area contributed by atoms with Crippen molar-refractivity contribution in [2.24, 2.45) is 0 Å². The molecule has 1 aromatic rings. The summed E-state index contributed by atoms with van der Waals surface area (Å²) < 4.78 is 5.65. The van der Waals surface area contributed by atoms with Crippen LogP contribution in [-0.4, -0.2) is 30.9 Å². The van der Waals surface area contributed by atoms with Gasteiger partial charge in [-0.1, -0.05) is 17.7 Å². The van der Waals surface area contributed by atoms with E-state index < -0.39 is 0 Å². The van der Waals surface area contributed by atoms with Gasteiger partial charge in [-0.05, 0) is 31.9 Å². The zero-order valence-electron chi connectivity index (χ0n) is 10.7. The van der Waals surface area contributed by atoms with E-state index in [1.165, 1.54) is 0 Å². The number of hydrogen-bond acceptors (Lipinski definition) is 3. The van der Waals surface area contributed by atoms with Crippen molar-refractivity contribution < 1.29 is 9.84 Å². The minimum atomic E-state index is 0.0535. The van der Waals surface area contributed by atoms with Gasteiger partial charge >= 0.3 is 0 Å². The van der Waals surface area contributed by atoms with E-state index in [1.54, 1.807) is 0 Å². The Balaban J connectivity index is 2.06. The van der Waals surface area contributed by atoms with Crippen molar-refractivity contribution in [2.45, 2.75) is 32.5 Å². The van der Waals surface area contributed by atoms with Gasteiger partial charge < -0.3 is 14.7 Å². The fraction of sp³-hybridized carbons (Fsp3) is 0.571. The zero-order valence-corrected chi connectivity index (χ0v) is 11.5. The molecule has 4 heteroatoms. The van der Waals surface area contributed by atoms with Gasteiger partial charge in [0.2, 0.25) is 0 Å². The first kappa shape index (κ1) is 13.7. The van der Waals surface area contributed by atoms with Gasteiger partial charge in [0.05, 0.1) is 12.7 Å². The van der Waals surface area contributed by atoms with Crippen molar-refractivity contribution >= 4 is 17.3 Å². The van der Waals surface area contributed by atoms with Crippen LogP contribution in [0, 0.1) is 0 Å². The largest absolute Gasteiger partial charge is 0.392 e. The SMILES string of the molecule is CCOC1CCN(c2cc(Cl)ccc2CO)CC1. The number of aliphatic hydroxyl groups is 1. The summed E-state index contributed by atoms with van der Waals surface area (Å²) in [5, 5.41) is 10.1. The van der Waals surface area contributed by atoms with Crippen molar-refractivity contribution in [3.05, 3.63) is 28.8 Å². The highest BCUT2D eigenvalue weighted by Gasteiger charge is 2.21. The molecule has 0 aromatic heterocycles. The normalized spacial score (nSPS) is 17.2. The molecule has 0 saturated carbocycles. The predicted octanol–water partition coefficient (Wildman–Crippen LogP) is 2.84. The molecule has 1 aliphatic heterocycles. The summed E-state index contributed by atoms with van der Waals surface area (Å²) in [6, 6.07) is 5.66. The van der Waals surface area contributed by atoms with Crippen LogP contribution in [0.15, 0.2) is 18.2 Å². The number of halogens is 1. The predicted molar refractivity (Wildman–Crippen MR) is 74.2 cm³/mol. The molecule has 3 nitrogen and oxygen atoms in total. The summed E-state index contributed by atoms with van der Waals surface area (Å²) in [4.78, 5) is 2.28. The van der Waals surface area contributed by atoms with Gasteiger partial charge in [-0.3, -0.25) is 0 Å².